The van der Waals surface area contributed by atoms with Gasteiger partial charge in [-0.15, -0.1) is 11.3 Å². The Bertz CT molecular complexity index is 1070. The first-order valence-electron chi connectivity index (χ1n) is 9.88. The van der Waals surface area contributed by atoms with Gasteiger partial charge in [-0.25, -0.2) is 4.98 Å². The Hall–Kier alpha value is -3.72. The highest BCUT2D eigenvalue weighted by molar-refractivity contribution is 7.09. The summed E-state index contributed by atoms with van der Waals surface area (Å²) in [5.74, 6) is -0.624. The molecule has 0 saturated carbocycles. The lowest BCUT2D eigenvalue weighted by molar-refractivity contribution is -0.145. The Morgan fingerprint density at radius 3 is 2.53 bits per heavy atom. The van der Waals surface area contributed by atoms with Gasteiger partial charge in [0.1, 0.15) is 23.9 Å². The molecule has 2 N–H and O–H groups in total. The molecule has 166 valence electrons. The number of para-hydroxylation sites is 2. The number of nitrogens with one attached hydrogen (secondary N) is 2. The van der Waals surface area contributed by atoms with Crippen molar-refractivity contribution in [1.82, 2.24) is 10.3 Å². The summed E-state index contributed by atoms with van der Waals surface area (Å²) in [4.78, 5) is 40.1. The van der Waals surface area contributed by atoms with Crippen LogP contribution in [0.5, 0.6) is 5.75 Å². The second-order valence-electron chi connectivity index (χ2n) is 6.81. The lowest BCUT2D eigenvalue weighted by Crippen LogP contribution is -2.34. The number of thiazole rings is 1. The molecule has 0 unspecified atom stereocenters. The first-order valence-corrected chi connectivity index (χ1v) is 10.8. The molecular weight excluding hydrogens is 430 g/mol. The van der Waals surface area contributed by atoms with Gasteiger partial charge < -0.3 is 20.1 Å². The van der Waals surface area contributed by atoms with E-state index in [0.29, 0.717) is 16.5 Å². The van der Waals surface area contributed by atoms with E-state index in [1.165, 1.54) is 11.3 Å². The third-order valence-electron chi connectivity index (χ3n) is 4.25. The van der Waals surface area contributed by atoms with Gasteiger partial charge in [0.2, 0.25) is 5.91 Å². The molecule has 0 atom stereocenters. The van der Waals surface area contributed by atoms with Gasteiger partial charge in [-0.1, -0.05) is 36.4 Å². The Balaban J connectivity index is 1.35. The van der Waals surface area contributed by atoms with Crippen molar-refractivity contribution in [3.8, 4) is 5.75 Å². The number of amides is 2. The van der Waals surface area contributed by atoms with Crippen molar-refractivity contribution in [2.45, 2.75) is 20.0 Å². The number of ether oxygens (including phenoxy) is 2. The number of carbonyl (C=O) groups excluding carboxylic acids is 3. The summed E-state index contributed by atoms with van der Waals surface area (Å²) in [6.07, 6.45) is 0.129. The van der Waals surface area contributed by atoms with Crippen LogP contribution in [0.15, 0.2) is 60.0 Å². The maximum Gasteiger partial charge on any atom is 0.325 e. The van der Waals surface area contributed by atoms with Crippen LogP contribution in [-0.4, -0.2) is 35.9 Å². The van der Waals surface area contributed by atoms with Gasteiger partial charge in [-0.3, -0.25) is 14.4 Å². The van der Waals surface area contributed by atoms with Crippen LogP contribution >= 0.6 is 11.3 Å². The van der Waals surface area contributed by atoms with Gasteiger partial charge in [0.05, 0.1) is 12.1 Å². The number of benzene rings is 2. The van der Waals surface area contributed by atoms with Crippen LogP contribution in [0.3, 0.4) is 0 Å². The fourth-order valence-corrected chi connectivity index (χ4v) is 3.41. The zero-order chi connectivity index (χ0) is 22.8. The minimum Gasteiger partial charge on any atom is -0.484 e. The summed E-state index contributed by atoms with van der Waals surface area (Å²) in [6, 6.07) is 16.4. The predicted octanol–water partition coefficient (Wildman–Crippen LogP) is 2.87. The molecule has 0 aliphatic carbocycles. The van der Waals surface area contributed by atoms with Crippen molar-refractivity contribution in [3.63, 3.8) is 0 Å². The van der Waals surface area contributed by atoms with E-state index in [1.54, 1.807) is 29.6 Å². The summed E-state index contributed by atoms with van der Waals surface area (Å²) in [5, 5.41) is 7.65. The van der Waals surface area contributed by atoms with Gasteiger partial charge >= 0.3 is 5.97 Å². The Kier molecular flexibility index (Phi) is 8.33. The number of hydrogen-bond donors (Lipinski definition) is 2. The molecule has 0 bridgehead atoms. The lowest BCUT2D eigenvalue weighted by atomic mass is 10.2. The topological polar surface area (TPSA) is 107 Å². The highest BCUT2D eigenvalue weighted by Gasteiger charge is 2.12. The minimum atomic E-state index is -0.593. The molecule has 1 aromatic heterocycles. The van der Waals surface area contributed by atoms with Crippen LogP contribution in [0.1, 0.15) is 16.3 Å². The first kappa shape index (κ1) is 23.0. The molecule has 2 aromatic carbocycles. The first-order chi connectivity index (χ1) is 15.5. The number of aryl methyl sites for hydroxylation is 1. The van der Waals surface area contributed by atoms with Crippen molar-refractivity contribution in [3.05, 3.63) is 76.2 Å². The summed E-state index contributed by atoms with van der Waals surface area (Å²) in [7, 11) is 0. The van der Waals surface area contributed by atoms with Crippen molar-refractivity contribution >= 4 is 34.8 Å². The number of nitrogens with zero attached hydrogens (tertiary/aromatic N) is 1. The van der Waals surface area contributed by atoms with Crippen LogP contribution in [0.2, 0.25) is 0 Å². The van der Waals surface area contributed by atoms with Gasteiger partial charge in [0.15, 0.2) is 6.61 Å². The van der Waals surface area contributed by atoms with Gasteiger partial charge in [0.25, 0.3) is 5.91 Å². The molecule has 0 spiro atoms. The van der Waals surface area contributed by atoms with Crippen LogP contribution in [0.25, 0.3) is 0 Å². The number of hydrogen-bond acceptors (Lipinski definition) is 7. The van der Waals surface area contributed by atoms with Crippen LogP contribution in [0.4, 0.5) is 5.69 Å². The SMILES string of the molecule is Cc1ccccc1NC(=O)Cc1nc(COC(=O)CNC(=O)COc2ccccc2)cs1. The normalized spacial score (nSPS) is 10.3. The van der Waals surface area contributed by atoms with E-state index in [4.69, 9.17) is 9.47 Å². The van der Waals surface area contributed by atoms with E-state index < -0.39 is 11.9 Å². The van der Waals surface area contributed by atoms with Crippen molar-refractivity contribution in [2.75, 3.05) is 18.5 Å². The Labute approximate surface area is 189 Å². The number of esters is 1. The van der Waals surface area contributed by atoms with E-state index in [2.05, 4.69) is 15.6 Å². The Morgan fingerprint density at radius 2 is 1.75 bits per heavy atom. The average molecular weight is 454 g/mol. The summed E-state index contributed by atoms with van der Waals surface area (Å²) >= 11 is 1.32. The maximum atomic E-state index is 12.2. The van der Waals surface area contributed by atoms with Crippen molar-refractivity contribution in [1.29, 1.82) is 0 Å². The molecule has 0 aliphatic heterocycles. The highest BCUT2D eigenvalue weighted by Crippen LogP contribution is 2.16. The van der Waals surface area contributed by atoms with Gasteiger partial charge in [0, 0.05) is 11.1 Å². The van der Waals surface area contributed by atoms with Gasteiger partial charge in [-0.2, -0.15) is 0 Å². The highest BCUT2D eigenvalue weighted by atomic mass is 32.1. The third kappa shape index (κ3) is 7.51. The molecule has 8 nitrogen and oxygen atoms in total. The predicted molar refractivity (Wildman–Crippen MR) is 120 cm³/mol. The third-order valence-corrected chi connectivity index (χ3v) is 5.15. The second-order valence-corrected chi connectivity index (χ2v) is 7.75. The number of aromatic nitrogens is 1. The van der Waals surface area contributed by atoms with E-state index in [1.807, 2.05) is 37.3 Å². The molecule has 0 fully saturated rings. The summed E-state index contributed by atoms with van der Waals surface area (Å²) in [6.45, 7) is 1.42. The molecule has 0 aliphatic rings. The molecular formula is C23H23N3O5S. The summed E-state index contributed by atoms with van der Waals surface area (Å²) < 4.78 is 10.4. The fourth-order valence-electron chi connectivity index (χ4n) is 2.63. The van der Waals surface area contributed by atoms with E-state index in [-0.39, 0.29) is 32.1 Å². The van der Waals surface area contributed by atoms with Crippen molar-refractivity contribution < 1.29 is 23.9 Å². The number of anilines is 1. The zero-order valence-electron chi connectivity index (χ0n) is 17.5. The maximum absolute atomic E-state index is 12.2. The molecule has 3 rings (SSSR count). The van der Waals surface area contributed by atoms with Crippen molar-refractivity contribution in [2.24, 2.45) is 0 Å². The van der Waals surface area contributed by atoms with Gasteiger partial charge in [-0.05, 0) is 30.7 Å². The van der Waals surface area contributed by atoms with E-state index >= 15 is 0 Å². The van der Waals surface area contributed by atoms with Crippen LogP contribution < -0.4 is 15.4 Å². The number of carbonyl (C=O) groups is 3. The molecule has 9 heteroatoms. The summed E-state index contributed by atoms with van der Waals surface area (Å²) in [5.41, 5.74) is 2.28. The molecule has 0 saturated heterocycles. The standard InChI is InChI=1S/C23H23N3O5S/c1-16-7-5-6-10-19(16)26-20(27)11-22-25-17(15-32-22)13-31-23(29)12-24-21(28)14-30-18-8-3-2-4-9-18/h2-10,15H,11-14H2,1H3,(H,24,28)(H,26,27). The lowest BCUT2D eigenvalue weighted by Gasteiger charge is -2.07. The largest absolute Gasteiger partial charge is 0.484 e. The molecule has 0 radical (unpaired) electrons. The molecule has 2 amide bonds. The monoisotopic (exact) mass is 453 g/mol. The fraction of sp³-hybridized carbons (Fsp3) is 0.217. The molecule has 1 heterocycles. The van der Waals surface area contributed by atoms with Crippen LogP contribution in [0, 0.1) is 6.92 Å². The smallest absolute Gasteiger partial charge is 0.325 e. The Morgan fingerprint density at radius 1 is 1.00 bits per heavy atom. The van der Waals surface area contributed by atoms with Crippen LogP contribution in [-0.2, 0) is 32.1 Å². The van der Waals surface area contributed by atoms with E-state index in [9.17, 15) is 14.4 Å². The molecule has 32 heavy (non-hydrogen) atoms. The average Bonchev–Trinajstić information content (AvgIpc) is 3.24. The quantitative estimate of drug-likeness (QED) is 0.457. The zero-order valence-corrected chi connectivity index (χ0v) is 18.3. The molecule has 3 aromatic rings. The van der Waals surface area contributed by atoms with E-state index in [0.717, 1.165) is 11.3 Å². The number of rotatable bonds is 10. The second kappa shape index (κ2) is 11.6. The minimum absolute atomic E-state index is 0.0366.